The molecule has 1 aliphatic heterocycles. The van der Waals surface area contributed by atoms with Crippen LogP contribution in [0.5, 0.6) is 0 Å². The first kappa shape index (κ1) is 42.6. The Hall–Kier alpha value is -3.55. The monoisotopic (exact) mass is 703 g/mol. The van der Waals surface area contributed by atoms with Crippen LogP contribution in [0.4, 0.5) is 0 Å². The summed E-state index contributed by atoms with van der Waals surface area (Å²) in [4.78, 5) is 70.9. The number of benzene rings is 1. The molecule has 0 saturated carbocycles. The van der Waals surface area contributed by atoms with Crippen LogP contribution < -0.4 is 10.6 Å². The first-order valence-electron chi connectivity index (χ1n) is 17.7. The third-order valence-electron chi connectivity index (χ3n) is 10.1. The molecule has 3 N–H and O–H groups in total. The fourth-order valence-corrected chi connectivity index (χ4v) is 7.20. The summed E-state index contributed by atoms with van der Waals surface area (Å²) in [5.74, 6) is -3.02. The maximum Gasteiger partial charge on any atom is 0.326 e. The van der Waals surface area contributed by atoms with E-state index in [0.29, 0.717) is 19.4 Å². The van der Waals surface area contributed by atoms with Crippen molar-refractivity contribution < 1.29 is 38.6 Å². The van der Waals surface area contributed by atoms with Crippen molar-refractivity contribution in [2.45, 2.75) is 103 Å². The van der Waals surface area contributed by atoms with E-state index in [9.17, 15) is 29.1 Å². The van der Waals surface area contributed by atoms with E-state index in [-0.39, 0.29) is 55.0 Å². The third-order valence-corrected chi connectivity index (χ3v) is 10.1. The number of carboxylic acids is 1. The molecule has 0 radical (unpaired) electrons. The zero-order valence-corrected chi connectivity index (χ0v) is 31.7. The van der Waals surface area contributed by atoms with E-state index in [1.165, 1.54) is 14.2 Å². The lowest BCUT2D eigenvalue weighted by molar-refractivity contribution is -0.147. The molecule has 1 unspecified atom stereocenters. The van der Waals surface area contributed by atoms with Crippen LogP contribution in [0.2, 0.25) is 0 Å². The molecule has 0 spiro atoms. The van der Waals surface area contributed by atoms with Crippen molar-refractivity contribution in [1.82, 2.24) is 25.3 Å². The highest BCUT2D eigenvalue weighted by Crippen LogP contribution is 2.29. The van der Waals surface area contributed by atoms with Crippen molar-refractivity contribution in [1.29, 1.82) is 0 Å². The summed E-state index contributed by atoms with van der Waals surface area (Å²) < 4.78 is 11.7. The minimum atomic E-state index is -1.14. The lowest BCUT2D eigenvalue weighted by Gasteiger charge is -2.39. The Balaban J connectivity index is 2.17. The molecule has 1 aromatic rings. The molecule has 13 nitrogen and oxygen atoms in total. The number of carbonyl (C=O) groups is 5. The minimum Gasteiger partial charge on any atom is -0.480 e. The van der Waals surface area contributed by atoms with Crippen molar-refractivity contribution in [3.63, 3.8) is 0 Å². The lowest BCUT2D eigenvalue weighted by Crippen LogP contribution is -2.55. The highest BCUT2D eigenvalue weighted by Gasteiger charge is 2.42. The predicted octanol–water partition coefficient (Wildman–Crippen LogP) is 2.42. The van der Waals surface area contributed by atoms with Crippen LogP contribution in [0.25, 0.3) is 0 Å². The molecule has 1 saturated heterocycles. The molecule has 8 atom stereocenters. The molecular formula is C37H61N5O8. The number of carbonyl (C=O) groups excluding carboxylic acids is 4. The zero-order valence-electron chi connectivity index (χ0n) is 31.7. The van der Waals surface area contributed by atoms with Gasteiger partial charge < -0.3 is 35.0 Å². The van der Waals surface area contributed by atoms with Crippen LogP contribution >= 0.6 is 0 Å². The maximum absolute atomic E-state index is 14.0. The van der Waals surface area contributed by atoms with Gasteiger partial charge in [-0.1, -0.05) is 71.4 Å². The van der Waals surface area contributed by atoms with Gasteiger partial charge in [0.15, 0.2) is 0 Å². The average molecular weight is 704 g/mol. The third kappa shape index (κ3) is 11.5. The number of ether oxygens (including phenoxy) is 2. The van der Waals surface area contributed by atoms with Crippen molar-refractivity contribution >= 4 is 29.6 Å². The Morgan fingerprint density at radius 3 is 2.14 bits per heavy atom. The van der Waals surface area contributed by atoms with Gasteiger partial charge in [0.25, 0.3) is 0 Å². The normalized spacial score (nSPS) is 18.9. The summed E-state index contributed by atoms with van der Waals surface area (Å²) in [6.45, 7) is 9.90. The molecule has 2 rings (SSSR count). The van der Waals surface area contributed by atoms with Crippen molar-refractivity contribution in [2.24, 2.45) is 17.8 Å². The van der Waals surface area contributed by atoms with Crippen LogP contribution in [-0.2, 0) is 39.9 Å². The molecule has 282 valence electrons. The molecule has 0 bridgehead atoms. The quantitative estimate of drug-likeness (QED) is 0.186. The van der Waals surface area contributed by atoms with E-state index >= 15 is 0 Å². The number of aliphatic carboxylic acids is 1. The van der Waals surface area contributed by atoms with Crippen LogP contribution in [0.3, 0.4) is 0 Å². The molecule has 1 aromatic carbocycles. The number of nitrogens with zero attached hydrogens (tertiary/aromatic N) is 3. The van der Waals surface area contributed by atoms with Gasteiger partial charge in [0.05, 0.1) is 49.2 Å². The Morgan fingerprint density at radius 2 is 1.62 bits per heavy atom. The first-order chi connectivity index (χ1) is 23.6. The molecule has 1 heterocycles. The number of nitrogens with one attached hydrogen (secondary N) is 2. The largest absolute Gasteiger partial charge is 0.480 e. The van der Waals surface area contributed by atoms with Gasteiger partial charge in [-0.2, -0.15) is 0 Å². The molecule has 4 amide bonds. The Bertz CT molecular complexity index is 1250. The standard InChI is InChI=1S/C37H61N5O8/c1-11-24(4)33(41(8)31(44)22-38-36(46)32(23(2)3)40(6)7)29(49-9)21-30(43)42-19-15-18-28(42)34(50-10)25(5)35(45)39-27(37(47)48)20-26-16-13-12-14-17-26/h12-14,16-17,23-25,27-29,32-34H,11,15,18-22H2,1-10H3,(H,38,46)(H,39,45)(H,47,48)/t24-,25+,27-,28-,29+,32?,33-,34+/m0/s1. The average Bonchev–Trinajstić information content (AvgIpc) is 3.56. The summed E-state index contributed by atoms with van der Waals surface area (Å²) in [7, 11) is 8.35. The van der Waals surface area contributed by atoms with Crippen LogP contribution in [-0.4, -0.2) is 134 Å². The van der Waals surface area contributed by atoms with Crippen molar-refractivity contribution in [2.75, 3.05) is 48.5 Å². The Kier molecular flexibility index (Phi) is 17.3. The van der Waals surface area contributed by atoms with E-state index in [0.717, 1.165) is 12.0 Å². The summed E-state index contributed by atoms with van der Waals surface area (Å²) >= 11 is 0. The van der Waals surface area contributed by atoms with Gasteiger partial charge >= 0.3 is 5.97 Å². The topological polar surface area (TPSA) is 158 Å². The second-order valence-corrected chi connectivity index (χ2v) is 14.1. The number of amides is 4. The second-order valence-electron chi connectivity index (χ2n) is 14.1. The summed E-state index contributed by atoms with van der Waals surface area (Å²) in [5, 5.41) is 15.3. The van der Waals surface area contributed by atoms with Crippen LogP contribution in [0.1, 0.15) is 65.9 Å². The SMILES string of the molecule is CC[C@H](C)[C@@H]([C@@H](CC(=O)N1CCC[C@H]1[C@H](OC)[C@@H](C)C(=O)N[C@@H](Cc1ccccc1)C(=O)O)OC)N(C)C(=O)CNC(=O)C(C(C)C)N(C)C. The molecular weight excluding hydrogens is 642 g/mol. The first-order valence-corrected chi connectivity index (χ1v) is 17.7. The van der Waals surface area contributed by atoms with E-state index in [1.54, 1.807) is 23.8 Å². The lowest BCUT2D eigenvalue weighted by atomic mass is 9.90. The minimum absolute atomic E-state index is 0.00276. The fraction of sp³-hybridized carbons (Fsp3) is 0.703. The maximum atomic E-state index is 14.0. The summed E-state index contributed by atoms with van der Waals surface area (Å²) in [6.07, 6.45) is 0.873. The molecule has 0 aromatic heterocycles. The smallest absolute Gasteiger partial charge is 0.326 e. The van der Waals surface area contributed by atoms with Gasteiger partial charge in [-0.05, 0) is 44.3 Å². The molecule has 13 heteroatoms. The summed E-state index contributed by atoms with van der Waals surface area (Å²) in [6, 6.07) is 6.73. The molecule has 50 heavy (non-hydrogen) atoms. The molecule has 1 aliphatic rings. The van der Waals surface area contributed by atoms with Gasteiger partial charge in [0, 0.05) is 34.2 Å². The highest BCUT2D eigenvalue weighted by molar-refractivity contribution is 5.88. The van der Waals surface area contributed by atoms with Gasteiger partial charge in [-0.3, -0.25) is 24.1 Å². The Morgan fingerprint density at radius 1 is 0.980 bits per heavy atom. The van der Waals surface area contributed by atoms with Gasteiger partial charge in [0.2, 0.25) is 23.6 Å². The Labute approximate surface area is 298 Å². The fourth-order valence-electron chi connectivity index (χ4n) is 7.20. The second kappa shape index (κ2) is 20.3. The number of carboxylic acid groups (broad SMARTS) is 1. The van der Waals surface area contributed by atoms with E-state index < -0.39 is 48.1 Å². The van der Waals surface area contributed by atoms with Gasteiger partial charge in [0.1, 0.15) is 6.04 Å². The van der Waals surface area contributed by atoms with E-state index in [2.05, 4.69) is 10.6 Å². The van der Waals surface area contributed by atoms with Crippen molar-refractivity contribution in [3.05, 3.63) is 35.9 Å². The number of rotatable bonds is 20. The van der Waals surface area contributed by atoms with Gasteiger partial charge in [-0.15, -0.1) is 0 Å². The number of hydrogen-bond acceptors (Lipinski definition) is 8. The highest BCUT2D eigenvalue weighted by atomic mass is 16.5. The number of likely N-dealkylation sites (N-methyl/N-ethyl adjacent to an activating group) is 2. The van der Waals surface area contributed by atoms with E-state index in [4.69, 9.17) is 9.47 Å². The number of hydrogen-bond donors (Lipinski definition) is 3. The molecule has 0 aliphatic carbocycles. The number of methoxy groups -OCH3 is 2. The van der Waals surface area contributed by atoms with Crippen molar-refractivity contribution in [3.8, 4) is 0 Å². The van der Waals surface area contributed by atoms with Crippen LogP contribution in [0.15, 0.2) is 30.3 Å². The summed E-state index contributed by atoms with van der Waals surface area (Å²) in [5.41, 5.74) is 0.785. The van der Waals surface area contributed by atoms with E-state index in [1.807, 2.05) is 77.0 Å². The van der Waals surface area contributed by atoms with Crippen LogP contribution in [0, 0.1) is 17.8 Å². The zero-order chi connectivity index (χ0) is 37.7. The molecule has 1 fully saturated rings. The van der Waals surface area contributed by atoms with Gasteiger partial charge in [-0.25, -0.2) is 4.79 Å². The number of likely N-dealkylation sites (tertiary alicyclic amines) is 1. The predicted molar refractivity (Wildman–Crippen MR) is 191 cm³/mol.